The van der Waals surface area contributed by atoms with Crippen molar-refractivity contribution in [2.24, 2.45) is 0 Å². The molecule has 0 fully saturated rings. The van der Waals surface area contributed by atoms with E-state index in [2.05, 4.69) is 0 Å². The molecule has 0 saturated carbocycles. The van der Waals surface area contributed by atoms with E-state index in [-0.39, 0.29) is 17.1 Å². The molecule has 1 rings (SSSR count). The maximum Gasteiger partial charge on any atom is 0.454 e. The first-order valence-electron chi connectivity index (χ1n) is 3.99. The lowest BCUT2D eigenvalue weighted by molar-refractivity contribution is -0.116. The van der Waals surface area contributed by atoms with E-state index in [1.165, 1.54) is 12.3 Å². The van der Waals surface area contributed by atoms with Gasteiger partial charge in [-0.25, -0.2) is 0 Å². The molecule has 82 valence electrons. The first kappa shape index (κ1) is 11.9. The van der Waals surface area contributed by atoms with Crippen LogP contribution in [0.4, 0.5) is 13.2 Å². The Labute approximate surface area is 87.7 Å². The van der Waals surface area contributed by atoms with Gasteiger partial charge in [-0.2, -0.15) is 13.2 Å². The van der Waals surface area contributed by atoms with Gasteiger partial charge in [0.25, 0.3) is 5.78 Å². The Morgan fingerprint density at radius 3 is 2.47 bits per heavy atom. The zero-order valence-corrected chi connectivity index (χ0v) is 8.54. The minimum atomic E-state index is -4.88. The maximum absolute atomic E-state index is 12.1. The summed E-state index contributed by atoms with van der Waals surface area (Å²) in [6.45, 7) is 1.27. The molecular formula is C9H7F3O2S. The average molecular weight is 236 g/mol. The standard InChI is InChI=1S/C9H7F3O2S/c1-5(13)4-7-6(2-3-15-7)8(14)9(10,11)12/h2-3H,4H2,1H3. The van der Waals surface area contributed by atoms with Crippen molar-refractivity contribution in [2.75, 3.05) is 0 Å². The van der Waals surface area contributed by atoms with Crippen molar-refractivity contribution < 1.29 is 22.8 Å². The highest BCUT2D eigenvalue weighted by molar-refractivity contribution is 7.10. The second-order valence-electron chi connectivity index (χ2n) is 2.96. The van der Waals surface area contributed by atoms with E-state index < -0.39 is 17.5 Å². The van der Waals surface area contributed by atoms with Crippen LogP contribution in [0.25, 0.3) is 0 Å². The molecule has 0 bridgehead atoms. The molecule has 0 aromatic carbocycles. The molecule has 0 radical (unpaired) electrons. The fourth-order valence-electron chi connectivity index (χ4n) is 1.06. The van der Waals surface area contributed by atoms with E-state index in [1.807, 2.05) is 0 Å². The minimum absolute atomic E-state index is 0.130. The summed E-state index contributed by atoms with van der Waals surface area (Å²) < 4.78 is 36.3. The summed E-state index contributed by atoms with van der Waals surface area (Å²) in [4.78, 5) is 21.8. The predicted molar refractivity (Wildman–Crippen MR) is 49.1 cm³/mol. The third-order valence-electron chi connectivity index (χ3n) is 1.66. The molecule has 0 aliphatic carbocycles. The topological polar surface area (TPSA) is 34.1 Å². The Morgan fingerprint density at radius 2 is 2.00 bits per heavy atom. The molecule has 1 heterocycles. The number of hydrogen-bond acceptors (Lipinski definition) is 3. The number of alkyl halides is 3. The number of carbonyl (C=O) groups excluding carboxylic acids is 2. The molecule has 1 aromatic heterocycles. The van der Waals surface area contributed by atoms with Crippen LogP contribution in [-0.2, 0) is 11.2 Å². The molecule has 6 heteroatoms. The van der Waals surface area contributed by atoms with E-state index in [1.54, 1.807) is 0 Å². The summed E-state index contributed by atoms with van der Waals surface area (Å²) in [5.74, 6) is -2.16. The summed E-state index contributed by atoms with van der Waals surface area (Å²) in [6, 6.07) is 1.10. The number of thiophene rings is 1. The Balaban J connectivity index is 3.00. The monoisotopic (exact) mass is 236 g/mol. The Bertz CT molecular complexity index is 392. The first-order chi connectivity index (χ1) is 6.82. The summed E-state index contributed by atoms with van der Waals surface area (Å²) in [7, 11) is 0. The number of ketones is 2. The molecular weight excluding hydrogens is 229 g/mol. The van der Waals surface area contributed by atoms with Crippen LogP contribution in [0.2, 0.25) is 0 Å². The molecule has 15 heavy (non-hydrogen) atoms. The first-order valence-corrected chi connectivity index (χ1v) is 4.87. The van der Waals surface area contributed by atoms with Crippen molar-refractivity contribution in [3.8, 4) is 0 Å². The average Bonchev–Trinajstić information content (AvgIpc) is 2.48. The van der Waals surface area contributed by atoms with Crippen molar-refractivity contribution in [3.63, 3.8) is 0 Å². The highest BCUT2D eigenvalue weighted by Gasteiger charge is 2.40. The Kier molecular flexibility index (Phi) is 3.28. The van der Waals surface area contributed by atoms with E-state index >= 15 is 0 Å². The van der Waals surface area contributed by atoms with E-state index in [0.29, 0.717) is 0 Å². The third kappa shape index (κ3) is 2.89. The van der Waals surface area contributed by atoms with Gasteiger partial charge in [0.15, 0.2) is 0 Å². The normalized spacial score (nSPS) is 11.5. The van der Waals surface area contributed by atoms with Crippen LogP contribution in [0, 0.1) is 0 Å². The number of rotatable bonds is 3. The van der Waals surface area contributed by atoms with Crippen LogP contribution in [-0.4, -0.2) is 17.7 Å². The van der Waals surface area contributed by atoms with Gasteiger partial charge in [0.1, 0.15) is 5.78 Å². The molecule has 1 aromatic rings. The Morgan fingerprint density at radius 1 is 1.40 bits per heavy atom. The van der Waals surface area contributed by atoms with Gasteiger partial charge in [-0.1, -0.05) is 0 Å². The third-order valence-corrected chi connectivity index (χ3v) is 2.58. The van der Waals surface area contributed by atoms with Gasteiger partial charge in [-0.3, -0.25) is 9.59 Å². The number of carbonyl (C=O) groups is 2. The molecule has 0 aliphatic rings. The van der Waals surface area contributed by atoms with Crippen molar-refractivity contribution in [1.29, 1.82) is 0 Å². The van der Waals surface area contributed by atoms with E-state index in [4.69, 9.17) is 0 Å². The molecule has 2 nitrogen and oxygen atoms in total. The molecule has 0 N–H and O–H groups in total. The van der Waals surface area contributed by atoms with Gasteiger partial charge < -0.3 is 0 Å². The predicted octanol–water partition coefficient (Wildman–Crippen LogP) is 2.62. The summed E-state index contributed by atoms with van der Waals surface area (Å²) in [5.41, 5.74) is -0.414. The second-order valence-corrected chi connectivity index (χ2v) is 3.96. The van der Waals surface area contributed by atoms with Gasteiger partial charge in [0.05, 0.1) is 0 Å². The van der Waals surface area contributed by atoms with Crippen molar-refractivity contribution in [2.45, 2.75) is 19.5 Å². The highest BCUT2D eigenvalue weighted by Crippen LogP contribution is 2.26. The van der Waals surface area contributed by atoms with Crippen molar-refractivity contribution in [1.82, 2.24) is 0 Å². The molecule has 0 unspecified atom stereocenters. The number of hydrogen-bond donors (Lipinski definition) is 0. The van der Waals surface area contributed by atoms with Crippen molar-refractivity contribution >= 4 is 22.9 Å². The minimum Gasteiger partial charge on any atom is -0.300 e. The number of Topliss-reactive ketones (excluding diaryl/α,β-unsaturated/α-hetero) is 2. The van der Waals surface area contributed by atoms with Crippen LogP contribution < -0.4 is 0 Å². The van der Waals surface area contributed by atoms with Gasteiger partial charge >= 0.3 is 6.18 Å². The molecule has 0 saturated heterocycles. The summed E-state index contributed by atoms with van der Waals surface area (Å²) >= 11 is 0.981. The maximum atomic E-state index is 12.1. The van der Waals surface area contributed by atoms with Crippen molar-refractivity contribution in [3.05, 3.63) is 21.9 Å². The lowest BCUT2D eigenvalue weighted by Crippen LogP contribution is -2.23. The largest absolute Gasteiger partial charge is 0.454 e. The SMILES string of the molecule is CC(=O)Cc1sccc1C(=O)C(F)(F)F. The fourth-order valence-corrected chi connectivity index (χ4v) is 2.00. The summed E-state index contributed by atoms with van der Waals surface area (Å²) in [6.07, 6.45) is -5.01. The van der Waals surface area contributed by atoms with Crippen LogP contribution in [0.15, 0.2) is 11.4 Å². The highest BCUT2D eigenvalue weighted by atomic mass is 32.1. The van der Waals surface area contributed by atoms with E-state index in [0.717, 1.165) is 17.4 Å². The lowest BCUT2D eigenvalue weighted by atomic mass is 10.1. The zero-order chi connectivity index (χ0) is 11.6. The fraction of sp³-hybridized carbons (Fsp3) is 0.333. The smallest absolute Gasteiger partial charge is 0.300 e. The van der Waals surface area contributed by atoms with Gasteiger partial charge in [0, 0.05) is 16.9 Å². The second kappa shape index (κ2) is 4.14. The zero-order valence-electron chi connectivity index (χ0n) is 7.72. The summed E-state index contributed by atoms with van der Waals surface area (Å²) in [5, 5.41) is 1.37. The molecule has 0 atom stereocenters. The quantitative estimate of drug-likeness (QED) is 0.756. The Hall–Kier alpha value is -1.17. The molecule has 0 aliphatic heterocycles. The lowest BCUT2D eigenvalue weighted by Gasteiger charge is -2.04. The molecule has 0 spiro atoms. The number of halogens is 3. The van der Waals surface area contributed by atoms with E-state index in [9.17, 15) is 22.8 Å². The van der Waals surface area contributed by atoms with Gasteiger partial charge in [-0.15, -0.1) is 11.3 Å². The van der Waals surface area contributed by atoms with Gasteiger partial charge in [-0.05, 0) is 18.4 Å². The van der Waals surface area contributed by atoms with Crippen LogP contribution in [0.1, 0.15) is 22.2 Å². The van der Waals surface area contributed by atoms with Gasteiger partial charge in [0.2, 0.25) is 0 Å². The molecule has 0 amide bonds. The van der Waals surface area contributed by atoms with Crippen LogP contribution in [0.3, 0.4) is 0 Å². The van der Waals surface area contributed by atoms with Crippen LogP contribution >= 0.6 is 11.3 Å². The van der Waals surface area contributed by atoms with Crippen LogP contribution in [0.5, 0.6) is 0 Å².